The number of anilines is 2. The zero-order valence-electron chi connectivity index (χ0n) is 9.93. The van der Waals surface area contributed by atoms with Crippen molar-refractivity contribution >= 4 is 11.4 Å². The fraction of sp³-hybridized carbons (Fsp3) is 0.231. The van der Waals surface area contributed by atoms with Crippen molar-refractivity contribution in [2.24, 2.45) is 0 Å². The average Bonchev–Trinajstić information content (AvgIpc) is 2.87. The van der Waals surface area contributed by atoms with E-state index in [1.807, 2.05) is 18.3 Å². The van der Waals surface area contributed by atoms with Crippen LogP contribution in [0.4, 0.5) is 11.4 Å². The lowest BCUT2D eigenvalue weighted by Gasteiger charge is -2.12. The Kier molecular flexibility index (Phi) is 3.55. The van der Waals surface area contributed by atoms with Crippen LogP contribution in [0.1, 0.15) is 5.56 Å². The molecule has 5 nitrogen and oxygen atoms in total. The van der Waals surface area contributed by atoms with Gasteiger partial charge < -0.3 is 26.7 Å². The molecule has 18 heavy (non-hydrogen) atoms. The second kappa shape index (κ2) is 5.12. The highest BCUT2D eigenvalue weighted by molar-refractivity contribution is 5.85. The van der Waals surface area contributed by atoms with E-state index >= 15 is 0 Å². The number of hydrogen-bond acceptors (Lipinski definition) is 4. The van der Waals surface area contributed by atoms with Gasteiger partial charge in [0.1, 0.15) is 0 Å². The minimum Gasteiger partial charge on any atom is -0.397 e. The molecule has 1 aromatic heterocycles. The number of rotatable bonds is 4. The van der Waals surface area contributed by atoms with Gasteiger partial charge in [0.15, 0.2) is 0 Å². The summed E-state index contributed by atoms with van der Waals surface area (Å²) < 4.78 is 0. The summed E-state index contributed by atoms with van der Waals surface area (Å²) in [5.74, 6) is 0. The van der Waals surface area contributed by atoms with Crippen LogP contribution in [0.25, 0.3) is 11.1 Å². The first-order valence-corrected chi connectivity index (χ1v) is 5.71. The van der Waals surface area contributed by atoms with E-state index in [-0.39, 0.29) is 6.61 Å². The third-order valence-electron chi connectivity index (χ3n) is 2.86. The molecule has 2 rings (SSSR count). The Bertz CT molecular complexity index is 523. The van der Waals surface area contributed by atoms with Crippen LogP contribution < -0.4 is 11.5 Å². The molecule has 1 heterocycles. The molecule has 1 unspecified atom stereocenters. The van der Waals surface area contributed by atoms with Crippen molar-refractivity contribution in [2.45, 2.75) is 12.5 Å². The van der Waals surface area contributed by atoms with Gasteiger partial charge in [0.05, 0.1) is 24.1 Å². The van der Waals surface area contributed by atoms with Gasteiger partial charge in [0.2, 0.25) is 0 Å². The number of hydrogen-bond donors (Lipinski definition) is 5. The van der Waals surface area contributed by atoms with Crippen molar-refractivity contribution in [3.8, 4) is 11.1 Å². The number of aromatic nitrogens is 1. The summed E-state index contributed by atoms with van der Waals surface area (Å²) in [5.41, 5.74) is 15.4. The van der Waals surface area contributed by atoms with Gasteiger partial charge >= 0.3 is 0 Å². The van der Waals surface area contributed by atoms with Crippen LogP contribution in [-0.4, -0.2) is 27.9 Å². The second-order valence-corrected chi connectivity index (χ2v) is 4.29. The molecular formula is C13H17N3O2. The molecule has 5 heteroatoms. The number of nitrogens with two attached hydrogens (primary N) is 2. The smallest absolute Gasteiger partial charge is 0.0811 e. The van der Waals surface area contributed by atoms with Gasteiger partial charge in [-0.1, -0.05) is 0 Å². The summed E-state index contributed by atoms with van der Waals surface area (Å²) in [7, 11) is 0. The molecule has 0 aliphatic heterocycles. The third kappa shape index (κ3) is 2.47. The van der Waals surface area contributed by atoms with Gasteiger partial charge in [-0.3, -0.25) is 0 Å². The van der Waals surface area contributed by atoms with Gasteiger partial charge in [-0.25, -0.2) is 0 Å². The molecule has 96 valence electrons. The molecule has 0 radical (unpaired) electrons. The standard InChI is InChI=1S/C13H17N3O2/c14-12-5-8(3-10(18)7-17)4-11(13(12)15)9-1-2-16-6-9/h1-2,4-6,10,16-18H,3,7,14-15H2. The lowest BCUT2D eigenvalue weighted by atomic mass is 9.99. The minimum atomic E-state index is -0.785. The lowest BCUT2D eigenvalue weighted by molar-refractivity contribution is 0.0955. The molecule has 1 atom stereocenters. The number of nitrogens with one attached hydrogen (secondary N) is 1. The highest BCUT2D eigenvalue weighted by Crippen LogP contribution is 2.31. The Morgan fingerprint density at radius 3 is 2.67 bits per heavy atom. The quantitative estimate of drug-likeness (QED) is 0.513. The Hall–Kier alpha value is -1.98. The van der Waals surface area contributed by atoms with Gasteiger partial charge in [-0.2, -0.15) is 0 Å². The molecule has 0 aliphatic carbocycles. The maximum Gasteiger partial charge on any atom is 0.0811 e. The van der Waals surface area contributed by atoms with Gasteiger partial charge in [0, 0.05) is 29.9 Å². The highest BCUT2D eigenvalue weighted by atomic mass is 16.3. The Morgan fingerprint density at radius 2 is 2.06 bits per heavy atom. The summed E-state index contributed by atoms with van der Waals surface area (Å²) in [5, 5.41) is 18.3. The zero-order valence-corrected chi connectivity index (χ0v) is 9.93. The van der Waals surface area contributed by atoms with Crippen LogP contribution in [0.3, 0.4) is 0 Å². The summed E-state index contributed by atoms with van der Waals surface area (Å²) in [6, 6.07) is 5.51. The SMILES string of the molecule is Nc1cc(CC(O)CO)cc(-c2cc[nH]c2)c1N. The van der Waals surface area contributed by atoms with Crippen molar-refractivity contribution in [1.29, 1.82) is 0 Å². The summed E-state index contributed by atoms with van der Waals surface area (Å²) in [6.07, 6.45) is 3.20. The topological polar surface area (TPSA) is 108 Å². The average molecular weight is 247 g/mol. The van der Waals surface area contributed by atoms with E-state index in [1.54, 1.807) is 12.3 Å². The number of aromatic amines is 1. The first-order valence-electron chi connectivity index (χ1n) is 5.71. The summed E-state index contributed by atoms with van der Waals surface area (Å²) >= 11 is 0. The van der Waals surface area contributed by atoms with Gasteiger partial charge in [-0.15, -0.1) is 0 Å². The maximum atomic E-state index is 9.46. The molecule has 1 aromatic carbocycles. The van der Waals surface area contributed by atoms with Crippen molar-refractivity contribution < 1.29 is 10.2 Å². The van der Waals surface area contributed by atoms with Crippen molar-refractivity contribution in [1.82, 2.24) is 4.98 Å². The molecule has 0 fully saturated rings. The van der Waals surface area contributed by atoms with Crippen LogP contribution >= 0.6 is 0 Å². The zero-order chi connectivity index (χ0) is 13.1. The second-order valence-electron chi connectivity index (χ2n) is 4.29. The highest BCUT2D eigenvalue weighted by Gasteiger charge is 2.11. The molecule has 0 saturated heterocycles. The normalized spacial score (nSPS) is 12.6. The van der Waals surface area contributed by atoms with Crippen LogP contribution in [0, 0.1) is 0 Å². The molecule has 0 saturated carbocycles. The maximum absolute atomic E-state index is 9.46. The van der Waals surface area contributed by atoms with Gasteiger partial charge in [-0.05, 0) is 23.8 Å². The van der Waals surface area contributed by atoms with Crippen molar-refractivity contribution in [2.75, 3.05) is 18.1 Å². The monoisotopic (exact) mass is 247 g/mol. The van der Waals surface area contributed by atoms with E-state index < -0.39 is 6.10 Å². The first kappa shape index (κ1) is 12.5. The van der Waals surface area contributed by atoms with Crippen LogP contribution in [0.2, 0.25) is 0 Å². The van der Waals surface area contributed by atoms with Crippen molar-refractivity contribution in [3.63, 3.8) is 0 Å². The number of H-pyrrole nitrogens is 1. The lowest BCUT2D eigenvalue weighted by Crippen LogP contribution is -2.15. The van der Waals surface area contributed by atoms with E-state index in [1.165, 1.54) is 0 Å². The molecule has 0 bridgehead atoms. The van der Waals surface area contributed by atoms with E-state index in [0.717, 1.165) is 16.7 Å². The van der Waals surface area contributed by atoms with E-state index in [2.05, 4.69) is 4.98 Å². The van der Waals surface area contributed by atoms with E-state index in [0.29, 0.717) is 17.8 Å². The van der Waals surface area contributed by atoms with E-state index in [4.69, 9.17) is 16.6 Å². The third-order valence-corrected chi connectivity index (χ3v) is 2.86. The molecule has 0 amide bonds. The molecular weight excluding hydrogens is 230 g/mol. The Morgan fingerprint density at radius 1 is 1.28 bits per heavy atom. The van der Waals surface area contributed by atoms with Crippen molar-refractivity contribution in [3.05, 3.63) is 36.2 Å². The largest absolute Gasteiger partial charge is 0.397 e. The fourth-order valence-corrected chi connectivity index (χ4v) is 1.92. The molecule has 0 spiro atoms. The molecule has 7 N–H and O–H groups in total. The number of benzene rings is 1. The number of aliphatic hydroxyl groups excluding tert-OH is 2. The predicted octanol–water partition coefficient (Wildman–Crippen LogP) is 0.742. The number of nitrogen functional groups attached to an aromatic ring is 2. The minimum absolute atomic E-state index is 0.274. The molecule has 0 aliphatic rings. The van der Waals surface area contributed by atoms with Crippen LogP contribution in [0.5, 0.6) is 0 Å². The van der Waals surface area contributed by atoms with Gasteiger partial charge in [0.25, 0.3) is 0 Å². The first-order chi connectivity index (χ1) is 8.61. The fourth-order valence-electron chi connectivity index (χ4n) is 1.92. The Balaban J connectivity index is 2.40. The van der Waals surface area contributed by atoms with E-state index in [9.17, 15) is 5.11 Å². The summed E-state index contributed by atoms with van der Waals surface area (Å²) in [4.78, 5) is 2.96. The molecule has 2 aromatic rings. The summed E-state index contributed by atoms with van der Waals surface area (Å²) in [6.45, 7) is -0.274. The predicted molar refractivity (Wildman–Crippen MR) is 71.9 cm³/mol. The number of aliphatic hydroxyl groups is 2. The van der Waals surface area contributed by atoms with Crippen LogP contribution in [-0.2, 0) is 6.42 Å². The Labute approximate surface area is 105 Å². The van der Waals surface area contributed by atoms with Crippen LogP contribution in [0.15, 0.2) is 30.6 Å².